The van der Waals surface area contributed by atoms with Gasteiger partial charge in [-0.25, -0.2) is 4.98 Å². The van der Waals surface area contributed by atoms with Crippen molar-refractivity contribution in [3.63, 3.8) is 0 Å². The van der Waals surface area contributed by atoms with Gasteiger partial charge in [-0.1, -0.05) is 11.8 Å². The highest BCUT2D eigenvalue weighted by Gasteiger charge is 2.21. The lowest BCUT2D eigenvalue weighted by Gasteiger charge is -2.21. The van der Waals surface area contributed by atoms with Crippen molar-refractivity contribution < 1.29 is 19.8 Å². The molecule has 1 saturated heterocycles. The molecule has 1 aliphatic rings. The Morgan fingerprint density at radius 2 is 1.80 bits per heavy atom. The number of thioether (sulfide) groups is 1. The summed E-state index contributed by atoms with van der Waals surface area (Å²) in [4.78, 5) is 22.2. The molecule has 0 radical (unpaired) electrons. The monoisotopic (exact) mass is 440 g/mol. The molecule has 11 heteroatoms. The number of imidazole rings is 1. The van der Waals surface area contributed by atoms with Crippen molar-refractivity contribution in [2.75, 3.05) is 18.8 Å². The van der Waals surface area contributed by atoms with Crippen LogP contribution in [0.2, 0.25) is 0 Å². The van der Waals surface area contributed by atoms with E-state index in [9.17, 15) is 0 Å². The molecule has 30 heavy (non-hydrogen) atoms. The second-order valence-corrected chi connectivity index (χ2v) is 7.89. The first kappa shape index (κ1) is 25.6. The van der Waals surface area contributed by atoms with Gasteiger partial charge in [-0.15, -0.1) is 10.2 Å². The molecule has 2 aromatic heterocycles. The van der Waals surface area contributed by atoms with E-state index in [1.165, 1.54) is 0 Å². The van der Waals surface area contributed by atoms with Gasteiger partial charge < -0.3 is 24.7 Å². The molecule has 1 aliphatic heterocycles. The number of aliphatic carboxylic acids is 2. The highest BCUT2D eigenvalue weighted by molar-refractivity contribution is 7.99. The van der Waals surface area contributed by atoms with Gasteiger partial charge in [0.05, 0.1) is 0 Å². The van der Waals surface area contributed by atoms with Crippen LogP contribution in [-0.2, 0) is 23.2 Å². The molecule has 3 rings (SSSR count). The van der Waals surface area contributed by atoms with Crippen LogP contribution in [-0.4, -0.2) is 65.3 Å². The number of piperidine rings is 1. The van der Waals surface area contributed by atoms with Crippen LogP contribution in [0.5, 0.6) is 0 Å². The molecule has 3 N–H and O–H groups in total. The number of rotatable bonds is 6. The fourth-order valence-corrected chi connectivity index (χ4v) is 3.77. The van der Waals surface area contributed by atoms with Crippen LogP contribution in [0.15, 0.2) is 17.6 Å². The largest absolute Gasteiger partial charge is 0.481 e. The van der Waals surface area contributed by atoms with Gasteiger partial charge in [-0.05, 0) is 39.3 Å². The fraction of sp³-hybridized carbons (Fsp3) is 0.632. The standard InChI is InChI=1S/C15H24N6S.2C2H4O2/c1-12-17-8-10-21(12)9-3-11-22-15-19-18-14(20(15)2)13-4-6-16-7-5-13;2*1-2(3)4/h8,10,13,16H,3-7,9,11H2,1-2H3;2*1H3,(H,3,4). The Labute approximate surface area is 181 Å². The number of aromatic nitrogens is 5. The van der Waals surface area contributed by atoms with E-state index >= 15 is 0 Å². The van der Waals surface area contributed by atoms with E-state index in [0.717, 1.165) is 75.3 Å². The predicted octanol–water partition coefficient (Wildman–Crippen LogP) is 2.15. The SMILES string of the molecule is CC(=O)O.CC(=O)O.Cc1nccn1CCCSc1nnc(C2CCNCC2)n1C. The minimum Gasteiger partial charge on any atom is -0.481 e. The third-order valence-electron chi connectivity index (χ3n) is 4.27. The van der Waals surface area contributed by atoms with Crippen molar-refractivity contribution >= 4 is 23.7 Å². The molecule has 0 spiro atoms. The Balaban J connectivity index is 0.000000485. The van der Waals surface area contributed by atoms with E-state index in [0.29, 0.717) is 5.92 Å². The van der Waals surface area contributed by atoms with Gasteiger partial charge in [0.15, 0.2) is 5.16 Å². The van der Waals surface area contributed by atoms with E-state index in [4.69, 9.17) is 19.8 Å². The van der Waals surface area contributed by atoms with Crippen LogP contribution >= 0.6 is 11.8 Å². The molecule has 0 saturated carbocycles. The number of carbonyl (C=O) groups is 2. The molecule has 0 aliphatic carbocycles. The summed E-state index contributed by atoms with van der Waals surface area (Å²) < 4.78 is 4.38. The first-order valence-corrected chi connectivity index (χ1v) is 10.8. The molecule has 0 atom stereocenters. The van der Waals surface area contributed by atoms with Crippen LogP contribution in [0, 0.1) is 6.92 Å². The second-order valence-electron chi connectivity index (χ2n) is 6.83. The number of hydrogen-bond donors (Lipinski definition) is 3. The molecular weight excluding hydrogens is 408 g/mol. The number of nitrogens with zero attached hydrogens (tertiary/aromatic N) is 5. The van der Waals surface area contributed by atoms with Crippen LogP contribution < -0.4 is 5.32 Å². The Morgan fingerprint density at radius 3 is 2.33 bits per heavy atom. The summed E-state index contributed by atoms with van der Waals surface area (Å²) in [6.45, 7) is 7.40. The summed E-state index contributed by atoms with van der Waals surface area (Å²) in [6.07, 6.45) is 7.33. The Hall–Kier alpha value is -2.40. The highest BCUT2D eigenvalue weighted by Crippen LogP contribution is 2.26. The lowest BCUT2D eigenvalue weighted by Crippen LogP contribution is -2.27. The van der Waals surface area contributed by atoms with Crippen molar-refractivity contribution in [1.29, 1.82) is 0 Å². The maximum atomic E-state index is 9.00. The normalized spacial score (nSPS) is 13.6. The molecule has 1 fully saturated rings. The van der Waals surface area contributed by atoms with Gasteiger partial charge in [-0.3, -0.25) is 9.59 Å². The molecule has 3 heterocycles. The molecule has 0 aromatic carbocycles. The van der Waals surface area contributed by atoms with Crippen molar-refractivity contribution in [1.82, 2.24) is 29.6 Å². The Kier molecular flexibility index (Phi) is 11.8. The summed E-state index contributed by atoms with van der Waals surface area (Å²) in [6, 6.07) is 0. The van der Waals surface area contributed by atoms with Crippen LogP contribution in [0.25, 0.3) is 0 Å². The first-order chi connectivity index (χ1) is 14.2. The van der Waals surface area contributed by atoms with Gasteiger partial charge in [0, 0.05) is 51.5 Å². The minimum absolute atomic E-state index is 0.557. The number of carboxylic acid groups (broad SMARTS) is 2. The zero-order chi connectivity index (χ0) is 22.5. The summed E-state index contributed by atoms with van der Waals surface area (Å²) in [5.74, 6) is 2.17. The molecule has 10 nitrogen and oxygen atoms in total. The molecule has 2 aromatic rings. The topological polar surface area (TPSA) is 135 Å². The third-order valence-corrected chi connectivity index (χ3v) is 5.38. The molecule has 0 unspecified atom stereocenters. The zero-order valence-electron chi connectivity index (χ0n) is 18.0. The van der Waals surface area contributed by atoms with Crippen molar-refractivity contribution in [3.05, 3.63) is 24.0 Å². The lowest BCUT2D eigenvalue weighted by atomic mass is 9.97. The highest BCUT2D eigenvalue weighted by atomic mass is 32.2. The van der Waals surface area contributed by atoms with Crippen molar-refractivity contribution in [2.45, 2.75) is 57.7 Å². The maximum Gasteiger partial charge on any atom is 0.300 e. The Morgan fingerprint density at radius 1 is 1.20 bits per heavy atom. The smallest absolute Gasteiger partial charge is 0.300 e. The van der Waals surface area contributed by atoms with Crippen molar-refractivity contribution in [3.8, 4) is 0 Å². The number of carboxylic acids is 2. The lowest BCUT2D eigenvalue weighted by molar-refractivity contribution is -0.135. The summed E-state index contributed by atoms with van der Waals surface area (Å²) in [5, 5.41) is 28.1. The van der Waals surface area contributed by atoms with Gasteiger partial charge >= 0.3 is 0 Å². The second kappa shape index (κ2) is 13.8. The average molecular weight is 441 g/mol. The molecular formula is C19H32N6O4S. The Bertz CT molecular complexity index is 766. The third kappa shape index (κ3) is 9.88. The van der Waals surface area contributed by atoms with E-state index in [-0.39, 0.29) is 0 Å². The first-order valence-electron chi connectivity index (χ1n) is 9.82. The number of hydrogen-bond acceptors (Lipinski definition) is 7. The van der Waals surface area contributed by atoms with Gasteiger partial charge in [0.25, 0.3) is 11.9 Å². The molecule has 0 amide bonds. The quantitative estimate of drug-likeness (QED) is 0.456. The van der Waals surface area contributed by atoms with Gasteiger partial charge in [0.1, 0.15) is 11.6 Å². The number of nitrogens with one attached hydrogen (secondary N) is 1. The van der Waals surface area contributed by atoms with E-state index in [2.05, 4.69) is 36.7 Å². The summed E-state index contributed by atoms with van der Waals surface area (Å²) in [7, 11) is 2.10. The summed E-state index contributed by atoms with van der Waals surface area (Å²) in [5.41, 5.74) is 0. The van der Waals surface area contributed by atoms with E-state index in [1.807, 2.05) is 19.3 Å². The van der Waals surface area contributed by atoms with Crippen LogP contribution in [0.1, 0.15) is 50.7 Å². The predicted molar refractivity (Wildman–Crippen MR) is 115 cm³/mol. The zero-order valence-corrected chi connectivity index (χ0v) is 18.9. The fourth-order valence-electron chi connectivity index (χ4n) is 2.93. The van der Waals surface area contributed by atoms with E-state index in [1.54, 1.807) is 11.8 Å². The maximum absolute atomic E-state index is 9.00. The minimum atomic E-state index is -0.833. The van der Waals surface area contributed by atoms with Crippen molar-refractivity contribution in [2.24, 2.45) is 7.05 Å². The van der Waals surface area contributed by atoms with Crippen LogP contribution in [0.4, 0.5) is 0 Å². The van der Waals surface area contributed by atoms with Gasteiger partial charge in [0.2, 0.25) is 0 Å². The van der Waals surface area contributed by atoms with Gasteiger partial charge in [-0.2, -0.15) is 0 Å². The molecule has 168 valence electrons. The summed E-state index contributed by atoms with van der Waals surface area (Å²) >= 11 is 1.80. The average Bonchev–Trinajstić information content (AvgIpc) is 3.24. The van der Waals surface area contributed by atoms with E-state index < -0.39 is 11.9 Å². The molecule has 0 bridgehead atoms. The number of aryl methyl sites for hydroxylation is 2. The van der Waals surface area contributed by atoms with Crippen LogP contribution in [0.3, 0.4) is 0 Å².